The van der Waals surface area contributed by atoms with Crippen molar-refractivity contribution in [3.63, 3.8) is 0 Å². The smallest absolute Gasteiger partial charge is 0.323 e. The molecule has 0 unspecified atom stereocenters. The van der Waals surface area contributed by atoms with Gasteiger partial charge in [-0.15, -0.1) is 0 Å². The van der Waals surface area contributed by atoms with Crippen LogP contribution in [-0.2, 0) is 7.05 Å². The van der Waals surface area contributed by atoms with Gasteiger partial charge in [-0.05, 0) is 42.5 Å². The third-order valence-electron chi connectivity index (χ3n) is 4.35. The van der Waals surface area contributed by atoms with E-state index in [1.54, 1.807) is 0 Å². The molecule has 3 N–H and O–H groups in total. The number of carbonyl (C=O) groups excluding carboxylic acids is 1. The molecular weight excluding hydrogens is 336 g/mol. The van der Waals surface area contributed by atoms with Crippen molar-refractivity contribution in [2.75, 3.05) is 16.0 Å². The number of nitrogens with zero attached hydrogens (tertiary/aromatic N) is 1. The van der Waals surface area contributed by atoms with Gasteiger partial charge in [0.2, 0.25) is 0 Å². The van der Waals surface area contributed by atoms with Gasteiger partial charge in [-0.25, -0.2) is 4.79 Å². The number of nitrogens with one attached hydrogen (secondary N) is 3. The molecule has 134 valence electrons. The monoisotopic (exact) mass is 356 g/mol. The summed E-state index contributed by atoms with van der Waals surface area (Å²) in [6, 6.07) is 25.2. The topological polar surface area (TPSA) is 58.1 Å². The van der Waals surface area contributed by atoms with Crippen molar-refractivity contribution < 1.29 is 4.79 Å². The van der Waals surface area contributed by atoms with Gasteiger partial charge in [-0.3, -0.25) is 0 Å². The molecular formula is C22H20N4O. The Morgan fingerprint density at radius 3 is 2.15 bits per heavy atom. The molecule has 0 aliphatic rings. The molecule has 0 aliphatic carbocycles. The molecule has 5 nitrogen and oxygen atoms in total. The van der Waals surface area contributed by atoms with Crippen LogP contribution in [0.15, 0.2) is 85.1 Å². The molecule has 4 aromatic rings. The fraction of sp³-hybridized carbons (Fsp3) is 0.0455. The van der Waals surface area contributed by atoms with Crippen LogP contribution in [0.25, 0.3) is 10.9 Å². The van der Waals surface area contributed by atoms with E-state index in [0.29, 0.717) is 0 Å². The number of aryl methyl sites for hydroxylation is 1. The van der Waals surface area contributed by atoms with Crippen LogP contribution in [0.4, 0.5) is 27.5 Å². The van der Waals surface area contributed by atoms with Crippen LogP contribution >= 0.6 is 0 Å². The largest absolute Gasteiger partial charge is 0.356 e. The lowest BCUT2D eigenvalue weighted by molar-refractivity contribution is 0.262. The number of urea groups is 1. The fourth-order valence-corrected chi connectivity index (χ4v) is 3.05. The van der Waals surface area contributed by atoms with Gasteiger partial charge in [0.1, 0.15) is 0 Å². The van der Waals surface area contributed by atoms with Crippen molar-refractivity contribution in [3.8, 4) is 0 Å². The number of para-hydroxylation sites is 2. The van der Waals surface area contributed by atoms with E-state index in [-0.39, 0.29) is 6.03 Å². The second-order valence-electron chi connectivity index (χ2n) is 6.32. The summed E-state index contributed by atoms with van der Waals surface area (Å²) in [5.74, 6) is 0. The zero-order valence-corrected chi connectivity index (χ0v) is 14.9. The number of carbonyl (C=O) groups is 1. The summed E-state index contributed by atoms with van der Waals surface area (Å²) in [7, 11) is 1.96. The molecule has 0 spiro atoms. The maximum absolute atomic E-state index is 12.4. The number of benzene rings is 3. The highest BCUT2D eigenvalue weighted by Crippen LogP contribution is 2.25. The van der Waals surface area contributed by atoms with E-state index in [1.807, 2.05) is 96.7 Å². The highest BCUT2D eigenvalue weighted by atomic mass is 16.2. The third-order valence-corrected chi connectivity index (χ3v) is 4.35. The Bertz CT molecular complexity index is 1070. The van der Waals surface area contributed by atoms with Crippen molar-refractivity contribution in [2.45, 2.75) is 0 Å². The predicted octanol–water partition coefficient (Wildman–Crippen LogP) is 5.57. The van der Waals surface area contributed by atoms with E-state index in [0.717, 1.165) is 33.7 Å². The van der Waals surface area contributed by atoms with Crippen LogP contribution in [0, 0.1) is 0 Å². The summed E-state index contributed by atoms with van der Waals surface area (Å²) < 4.78 is 2.00. The second-order valence-corrected chi connectivity index (χ2v) is 6.32. The molecule has 0 radical (unpaired) electrons. The summed E-state index contributed by atoms with van der Waals surface area (Å²) in [5, 5.41) is 10.1. The molecule has 0 atom stereocenters. The van der Waals surface area contributed by atoms with Gasteiger partial charge in [-0.1, -0.05) is 36.4 Å². The van der Waals surface area contributed by atoms with E-state index < -0.39 is 0 Å². The SMILES string of the molecule is Cn1cc(NC(=O)Nc2ccc(Nc3ccccc3)cc2)c2ccccc21. The standard InChI is InChI=1S/C22H20N4O/c1-26-15-20(19-9-5-6-10-21(19)26)25-22(27)24-18-13-11-17(12-14-18)23-16-7-3-2-4-8-16/h2-15,23H,1H3,(H2,24,25,27). The van der Waals surface area contributed by atoms with Crippen LogP contribution in [-0.4, -0.2) is 10.6 Å². The minimum atomic E-state index is -0.268. The molecule has 0 aliphatic heterocycles. The molecule has 0 saturated carbocycles. The van der Waals surface area contributed by atoms with Gasteiger partial charge in [-0.2, -0.15) is 0 Å². The Hall–Kier alpha value is -3.73. The Balaban J connectivity index is 1.42. The van der Waals surface area contributed by atoms with Crippen LogP contribution in [0.3, 0.4) is 0 Å². The van der Waals surface area contributed by atoms with E-state index in [4.69, 9.17) is 0 Å². The summed E-state index contributed by atoms with van der Waals surface area (Å²) in [4.78, 5) is 12.4. The zero-order chi connectivity index (χ0) is 18.6. The molecule has 3 aromatic carbocycles. The molecule has 2 amide bonds. The highest BCUT2D eigenvalue weighted by molar-refractivity contribution is 6.06. The van der Waals surface area contributed by atoms with E-state index in [9.17, 15) is 4.79 Å². The van der Waals surface area contributed by atoms with Crippen molar-refractivity contribution in [1.82, 2.24) is 4.57 Å². The van der Waals surface area contributed by atoms with Crippen molar-refractivity contribution in [3.05, 3.63) is 85.1 Å². The molecule has 0 fully saturated rings. The number of rotatable bonds is 4. The number of fused-ring (bicyclic) bond motifs is 1. The lowest BCUT2D eigenvalue weighted by Gasteiger charge is -2.09. The summed E-state index contributed by atoms with van der Waals surface area (Å²) in [6.07, 6.45) is 1.91. The predicted molar refractivity (Wildman–Crippen MR) is 112 cm³/mol. The molecule has 5 heteroatoms. The van der Waals surface area contributed by atoms with E-state index >= 15 is 0 Å². The maximum atomic E-state index is 12.4. The highest BCUT2D eigenvalue weighted by Gasteiger charge is 2.09. The van der Waals surface area contributed by atoms with Gasteiger partial charge >= 0.3 is 6.03 Å². The number of aromatic nitrogens is 1. The summed E-state index contributed by atoms with van der Waals surface area (Å²) >= 11 is 0. The van der Waals surface area contributed by atoms with Crippen LogP contribution in [0.5, 0.6) is 0 Å². The first-order valence-electron chi connectivity index (χ1n) is 8.73. The zero-order valence-electron chi connectivity index (χ0n) is 14.9. The number of hydrogen-bond donors (Lipinski definition) is 3. The molecule has 27 heavy (non-hydrogen) atoms. The fourth-order valence-electron chi connectivity index (χ4n) is 3.05. The van der Waals surface area contributed by atoms with Gasteiger partial charge in [0.15, 0.2) is 0 Å². The Morgan fingerprint density at radius 2 is 1.37 bits per heavy atom. The Labute approximate surface area is 157 Å². The minimum Gasteiger partial charge on any atom is -0.356 e. The first kappa shape index (κ1) is 16.7. The molecule has 0 bridgehead atoms. The van der Waals surface area contributed by atoms with Crippen molar-refractivity contribution >= 4 is 39.7 Å². The van der Waals surface area contributed by atoms with E-state index in [1.165, 1.54) is 0 Å². The first-order chi connectivity index (χ1) is 13.2. The molecule has 1 heterocycles. The van der Waals surface area contributed by atoms with Crippen molar-refractivity contribution in [1.29, 1.82) is 0 Å². The molecule has 4 rings (SSSR count). The van der Waals surface area contributed by atoms with Gasteiger partial charge in [0.25, 0.3) is 0 Å². The normalized spacial score (nSPS) is 10.6. The lowest BCUT2D eigenvalue weighted by atomic mass is 10.2. The van der Waals surface area contributed by atoms with Crippen LogP contribution < -0.4 is 16.0 Å². The number of hydrogen-bond acceptors (Lipinski definition) is 2. The van der Waals surface area contributed by atoms with E-state index in [2.05, 4.69) is 16.0 Å². The van der Waals surface area contributed by atoms with Crippen molar-refractivity contribution in [2.24, 2.45) is 7.05 Å². The van der Waals surface area contributed by atoms with Gasteiger partial charge in [0.05, 0.1) is 5.69 Å². The molecule has 1 aromatic heterocycles. The summed E-state index contributed by atoms with van der Waals surface area (Å²) in [5.41, 5.74) is 4.57. The Morgan fingerprint density at radius 1 is 0.741 bits per heavy atom. The van der Waals surface area contributed by atoms with Gasteiger partial charge in [0, 0.05) is 41.2 Å². The lowest BCUT2D eigenvalue weighted by Crippen LogP contribution is -2.19. The minimum absolute atomic E-state index is 0.268. The van der Waals surface area contributed by atoms with Crippen LogP contribution in [0.2, 0.25) is 0 Å². The van der Waals surface area contributed by atoms with Crippen LogP contribution in [0.1, 0.15) is 0 Å². The first-order valence-corrected chi connectivity index (χ1v) is 8.73. The molecule has 0 saturated heterocycles. The number of anilines is 4. The third kappa shape index (κ3) is 3.77. The average molecular weight is 356 g/mol. The summed E-state index contributed by atoms with van der Waals surface area (Å²) in [6.45, 7) is 0. The maximum Gasteiger partial charge on any atom is 0.323 e. The van der Waals surface area contributed by atoms with Gasteiger partial charge < -0.3 is 20.5 Å². The quantitative estimate of drug-likeness (QED) is 0.448. The average Bonchev–Trinajstić information content (AvgIpc) is 3.00. The number of amides is 2. The second kappa shape index (κ2) is 7.25. The Kier molecular flexibility index (Phi) is 4.49.